The number of carbonyl (C=O) groups excluding carboxylic acids is 1. The molecule has 2 aromatic rings. The third-order valence-corrected chi connectivity index (χ3v) is 2.95. The van der Waals surface area contributed by atoms with Crippen LogP contribution in [0.5, 0.6) is 0 Å². The van der Waals surface area contributed by atoms with Crippen molar-refractivity contribution in [2.24, 2.45) is 0 Å². The molecule has 0 bridgehead atoms. The van der Waals surface area contributed by atoms with Crippen LogP contribution in [0.1, 0.15) is 12.0 Å². The standard InChI is InChI=1S/C15H17F3N6O/c1-10-4-5-19-13(8-10)22-12-3-2-11(23-24-12)20-6-7-21-14(25)9-15(16,17)18/h2-5,8H,6-7,9H2,1H3,(H,20,23)(H,21,25)(H,19,22,24). The van der Waals surface area contributed by atoms with Crippen molar-refractivity contribution in [2.45, 2.75) is 19.5 Å². The number of hydrogen-bond acceptors (Lipinski definition) is 6. The number of rotatable bonds is 7. The molecule has 0 aliphatic heterocycles. The van der Waals surface area contributed by atoms with Crippen LogP contribution in [0.4, 0.5) is 30.6 Å². The van der Waals surface area contributed by atoms with E-state index in [1.807, 2.05) is 19.1 Å². The quantitative estimate of drug-likeness (QED) is 0.662. The minimum atomic E-state index is -4.50. The predicted molar refractivity (Wildman–Crippen MR) is 86.5 cm³/mol. The normalized spacial score (nSPS) is 11.0. The number of anilines is 3. The van der Waals surface area contributed by atoms with E-state index in [9.17, 15) is 18.0 Å². The second-order valence-electron chi connectivity index (χ2n) is 5.22. The summed E-state index contributed by atoms with van der Waals surface area (Å²) in [6, 6.07) is 7.07. The van der Waals surface area contributed by atoms with Crippen LogP contribution >= 0.6 is 0 Å². The molecule has 25 heavy (non-hydrogen) atoms. The van der Waals surface area contributed by atoms with Crippen molar-refractivity contribution in [1.82, 2.24) is 20.5 Å². The zero-order valence-electron chi connectivity index (χ0n) is 13.4. The van der Waals surface area contributed by atoms with E-state index in [0.717, 1.165) is 5.56 Å². The smallest absolute Gasteiger partial charge is 0.367 e. The maximum atomic E-state index is 12.0. The Balaban J connectivity index is 1.74. The maximum absolute atomic E-state index is 12.0. The van der Waals surface area contributed by atoms with Crippen LogP contribution < -0.4 is 16.0 Å². The van der Waals surface area contributed by atoms with Crippen LogP contribution in [0, 0.1) is 6.92 Å². The van der Waals surface area contributed by atoms with Crippen molar-refractivity contribution >= 4 is 23.4 Å². The Kier molecular flexibility index (Phi) is 6.09. The van der Waals surface area contributed by atoms with Gasteiger partial charge in [0.2, 0.25) is 5.91 Å². The largest absolute Gasteiger partial charge is 0.397 e. The summed E-state index contributed by atoms with van der Waals surface area (Å²) < 4.78 is 36.0. The summed E-state index contributed by atoms with van der Waals surface area (Å²) in [5.74, 6) is 0.517. The summed E-state index contributed by atoms with van der Waals surface area (Å²) in [5, 5.41) is 15.9. The van der Waals surface area contributed by atoms with Gasteiger partial charge in [0.25, 0.3) is 0 Å². The first-order valence-corrected chi connectivity index (χ1v) is 7.42. The van der Waals surface area contributed by atoms with E-state index >= 15 is 0 Å². The van der Waals surface area contributed by atoms with Crippen molar-refractivity contribution < 1.29 is 18.0 Å². The van der Waals surface area contributed by atoms with Gasteiger partial charge >= 0.3 is 6.18 Å². The highest BCUT2D eigenvalue weighted by atomic mass is 19.4. The fraction of sp³-hybridized carbons (Fsp3) is 0.333. The summed E-state index contributed by atoms with van der Waals surface area (Å²) >= 11 is 0. The summed E-state index contributed by atoms with van der Waals surface area (Å²) in [4.78, 5) is 15.2. The van der Waals surface area contributed by atoms with E-state index in [0.29, 0.717) is 17.5 Å². The maximum Gasteiger partial charge on any atom is 0.397 e. The molecule has 10 heteroatoms. The zero-order chi connectivity index (χ0) is 18.3. The van der Waals surface area contributed by atoms with Crippen LogP contribution in [0.2, 0.25) is 0 Å². The summed E-state index contributed by atoms with van der Waals surface area (Å²) in [7, 11) is 0. The lowest BCUT2D eigenvalue weighted by atomic mass is 10.3. The minimum Gasteiger partial charge on any atom is -0.367 e. The molecule has 0 atom stereocenters. The molecule has 2 heterocycles. The van der Waals surface area contributed by atoms with Gasteiger partial charge in [0.05, 0.1) is 0 Å². The first-order valence-electron chi connectivity index (χ1n) is 7.42. The number of hydrogen-bond donors (Lipinski definition) is 3. The molecule has 2 rings (SSSR count). The van der Waals surface area contributed by atoms with E-state index < -0.39 is 18.5 Å². The molecule has 0 spiro atoms. The van der Waals surface area contributed by atoms with Crippen molar-refractivity contribution in [1.29, 1.82) is 0 Å². The number of aromatic nitrogens is 3. The van der Waals surface area contributed by atoms with Crippen molar-refractivity contribution in [2.75, 3.05) is 23.7 Å². The molecule has 0 fully saturated rings. The molecule has 0 aliphatic carbocycles. The lowest BCUT2D eigenvalue weighted by Crippen LogP contribution is -2.32. The minimum absolute atomic E-state index is 0.0454. The van der Waals surface area contributed by atoms with Crippen molar-refractivity contribution in [3.63, 3.8) is 0 Å². The van der Waals surface area contributed by atoms with E-state index in [-0.39, 0.29) is 13.1 Å². The van der Waals surface area contributed by atoms with Gasteiger partial charge in [-0.05, 0) is 36.8 Å². The van der Waals surface area contributed by atoms with Crippen LogP contribution in [0.25, 0.3) is 0 Å². The Morgan fingerprint density at radius 1 is 1.08 bits per heavy atom. The van der Waals surface area contributed by atoms with Gasteiger partial charge in [-0.3, -0.25) is 4.79 Å². The summed E-state index contributed by atoms with van der Waals surface area (Å²) in [6.07, 6.45) is -4.31. The Hall–Kier alpha value is -2.91. The third-order valence-electron chi connectivity index (χ3n) is 2.95. The average Bonchev–Trinajstić information content (AvgIpc) is 2.51. The predicted octanol–water partition coefficient (Wildman–Crippen LogP) is 2.40. The molecule has 134 valence electrons. The second kappa shape index (κ2) is 8.27. The first-order chi connectivity index (χ1) is 11.8. The van der Waals surface area contributed by atoms with Crippen LogP contribution in [-0.4, -0.2) is 40.4 Å². The van der Waals surface area contributed by atoms with Gasteiger partial charge in [0, 0.05) is 19.3 Å². The molecule has 2 aromatic heterocycles. The average molecular weight is 354 g/mol. The highest BCUT2D eigenvalue weighted by Crippen LogP contribution is 2.18. The molecule has 0 unspecified atom stereocenters. The molecule has 0 saturated carbocycles. The lowest BCUT2D eigenvalue weighted by molar-refractivity contribution is -0.153. The molecule has 0 aliphatic rings. The molecule has 0 aromatic carbocycles. The molecule has 3 N–H and O–H groups in total. The number of nitrogens with zero attached hydrogens (tertiary/aromatic N) is 3. The van der Waals surface area contributed by atoms with E-state index in [2.05, 4.69) is 31.1 Å². The number of aryl methyl sites for hydroxylation is 1. The lowest BCUT2D eigenvalue weighted by Gasteiger charge is -2.09. The van der Waals surface area contributed by atoms with Gasteiger partial charge < -0.3 is 16.0 Å². The number of carbonyl (C=O) groups is 1. The summed E-state index contributed by atoms with van der Waals surface area (Å²) in [6.45, 7) is 2.22. The fourth-order valence-electron chi connectivity index (χ4n) is 1.87. The summed E-state index contributed by atoms with van der Waals surface area (Å²) in [5.41, 5.74) is 1.05. The number of alkyl halides is 3. The number of halogens is 3. The Morgan fingerprint density at radius 2 is 1.80 bits per heavy atom. The van der Waals surface area contributed by atoms with Crippen molar-refractivity contribution in [3.05, 3.63) is 36.0 Å². The van der Waals surface area contributed by atoms with Gasteiger partial charge in [0.15, 0.2) is 5.82 Å². The van der Waals surface area contributed by atoms with Crippen LogP contribution in [0.15, 0.2) is 30.5 Å². The third kappa shape index (κ3) is 7.02. The van der Waals surface area contributed by atoms with Gasteiger partial charge in [0.1, 0.15) is 18.1 Å². The number of nitrogens with one attached hydrogen (secondary N) is 3. The van der Waals surface area contributed by atoms with E-state index in [1.165, 1.54) is 0 Å². The Bertz CT molecular complexity index is 705. The SMILES string of the molecule is Cc1ccnc(Nc2ccc(NCCNC(=O)CC(F)(F)F)nn2)c1. The second-order valence-corrected chi connectivity index (χ2v) is 5.22. The first kappa shape index (κ1) is 18.4. The molecular weight excluding hydrogens is 337 g/mol. The van der Waals surface area contributed by atoms with E-state index in [4.69, 9.17) is 0 Å². The molecule has 0 radical (unpaired) electrons. The highest BCUT2D eigenvalue weighted by molar-refractivity contribution is 5.76. The van der Waals surface area contributed by atoms with Crippen LogP contribution in [0.3, 0.4) is 0 Å². The van der Waals surface area contributed by atoms with Gasteiger partial charge in [-0.1, -0.05) is 0 Å². The molecular formula is C15H17F3N6O. The number of pyridine rings is 1. The molecule has 0 saturated heterocycles. The Labute approximate surface area is 142 Å². The topological polar surface area (TPSA) is 91.8 Å². The molecule has 7 nitrogen and oxygen atoms in total. The zero-order valence-corrected chi connectivity index (χ0v) is 13.4. The van der Waals surface area contributed by atoms with Crippen molar-refractivity contribution in [3.8, 4) is 0 Å². The monoisotopic (exact) mass is 354 g/mol. The van der Waals surface area contributed by atoms with Gasteiger partial charge in [-0.2, -0.15) is 13.2 Å². The Morgan fingerprint density at radius 3 is 2.44 bits per heavy atom. The van der Waals surface area contributed by atoms with E-state index in [1.54, 1.807) is 18.3 Å². The number of amides is 1. The fourth-order valence-corrected chi connectivity index (χ4v) is 1.87. The van der Waals surface area contributed by atoms with Crippen LogP contribution in [-0.2, 0) is 4.79 Å². The van der Waals surface area contributed by atoms with Gasteiger partial charge in [-0.25, -0.2) is 4.98 Å². The highest BCUT2D eigenvalue weighted by Gasteiger charge is 2.30. The molecule has 1 amide bonds. The van der Waals surface area contributed by atoms with Gasteiger partial charge in [-0.15, -0.1) is 10.2 Å².